The van der Waals surface area contributed by atoms with Gasteiger partial charge in [0.1, 0.15) is 0 Å². The van der Waals surface area contributed by atoms with Gasteiger partial charge in [0.15, 0.2) is 0 Å². The van der Waals surface area contributed by atoms with E-state index in [0.717, 1.165) is 25.4 Å². The van der Waals surface area contributed by atoms with Crippen LogP contribution < -0.4 is 0 Å². The Morgan fingerprint density at radius 3 is 2.44 bits per heavy atom. The molecule has 0 saturated heterocycles. The monoisotopic (exact) mass is 249 g/mol. The summed E-state index contributed by atoms with van der Waals surface area (Å²) >= 11 is 0. The lowest BCUT2D eigenvalue weighted by Gasteiger charge is -2.31. The van der Waals surface area contributed by atoms with E-state index in [0.29, 0.717) is 6.42 Å². The first-order valence-corrected chi connectivity index (χ1v) is 6.12. The predicted octanol–water partition coefficient (Wildman–Crippen LogP) is 2.93. The molecule has 1 aliphatic carbocycles. The second-order valence-corrected chi connectivity index (χ2v) is 4.62. The molecule has 0 bridgehead atoms. The Bertz CT molecular complexity index is 193. The number of aliphatic carboxylic acids is 1. The highest BCUT2D eigenvalue weighted by Gasteiger charge is 2.17. The molecular formula is C12H24ClNO2. The van der Waals surface area contributed by atoms with E-state index in [1.807, 2.05) is 0 Å². The highest BCUT2D eigenvalue weighted by atomic mass is 35.5. The topological polar surface area (TPSA) is 40.5 Å². The Balaban J connectivity index is 0.00000225. The van der Waals surface area contributed by atoms with Crippen LogP contribution in [0.15, 0.2) is 0 Å². The molecule has 1 rings (SSSR count). The zero-order chi connectivity index (χ0) is 11.1. The van der Waals surface area contributed by atoms with Gasteiger partial charge in [-0.1, -0.05) is 19.3 Å². The highest BCUT2D eigenvalue weighted by Crippen LogP contribution is 2.21. The lowest BCUT2D eigenvalue weighted by atomic mass is 9.94. The SMILES string of the molecule is CN(CCCCC(=O)O)C1CCCCC1.Cl. The molecular weight excluding hydrogens is 226 g/mol. The Morgan fingerprint density at radius 2 is 1.88 bits per heavy atom. The predicted molar refractivity (Wildman–Crippen MR) is 68.2 cm³/mol. The molecule has 0 aromatic heterocycles. The minimum absolute atomic E-state index is 0. The molecule has 1 N–H and O–H groups in total. The number of rotatable bonds is 6. The molecule has 96 valence electrons. The van der Waals surface area contributed by atoms with E-state index in [4.69, 9.17) is 5.11 Å². The Hall–Kier alpha value is -0.280. The van der Waals surface area contributed by atoms with Gasteiger partial charge >= 0.3 is 5.97 Å². The van der Waals surface area contributed by atoms with Crippen LogP contribution in [0.4, 0.5) is 0 Å². The summed E-state index contributed by atoms with van der Waals surface area (Å²) in [6.07, 6.45) is 8.92. The van der Waals surface area contributed by atoms with Gasteiger partial charge in [0.2, 0.25) is 0 Å². The third-order valence-electron chi connectivity index (χ3n) is 3.35. The normalized spacial score (nSPS) is 17.1. The Kier molecular flexibility index (Phi) is 8.67. The van der Waals surface area contributed by atoms with Gasteiger partial charge in [-0.05, 0) is 39.3 Å². The summed E-state index contributed by atoms with van der Waals surface area (Å²) in [5, 5.41) is 8.51. The first-order chi connectivity index (χ1) is 7.20. The van der Waals surface area contributed by atoms with Crippen molar-refractivity contribution in [2.75, 3.05) is 13.6 Å². The van der Waals surface area contributed by atoms with Crippen LogP contribution in [-0.2, 0) is 4.79 Å². The number of carbonyl (C=O) groups is 1. The van der Waals surface area contributed by atoms with Crippen LogP contribution in [0.2, 0.25) is 0 Å². The summed E-state index contributed by atoms with van der Waals surface area (Å²) in [7, 11) is 2.18. The molecule has 1 fully saturated rings. The van der Waals surface area contributed by atoms with Crippen molar-refractivity contribution < 1.29 is 9.90 Å². The molecule has 0 aromatic rings. The highest BCUT2D eigenvalue weighted by molar-refractivity contribution is 5.85. The molecule has 0 atom stereocenters. The summed E-state index contributed by atoms with van der Waals surface area (Å²) in [6, 6.07) is 0.753. The van der Waals surface area contributed by atoms with Crippen LogP contribution in [0.25, 0.3) is 0 Å². The fraction of sp³-hybridized carbons (Fsp3) is 0.917. The van der Waals surface area contributed by atoms with Crippen LogP contribution >= 0.6 is 12.4 Å². The summed E-state index contributed by atoms with van der Waals surface area (Å²) < 4.78 is 0. The lowest BCUT2D eigenvalue weighted by Crippen LogP contribution is -2.34. The molecule has 0 unspecified atom stereocenters. The second kappa shape index (κ2) is 8.82. The minimum atomic E-state index is -0.671. The summed E-state index contributed by atoms with van der Waals surface area (Å²) in [5.74, 6) is -0.671. The number of carboxylic acids is 1. The quantitative estimate of drug-likeness (QED) is 0.736. The van der Waals surface area contributed by atoms with Crippen molar-refractivity contribution in [3.05, 3.63) is 0 Å². The van der Waals surface area contributed by atoms with E-state index in [-0.39, 0.29) is 12.4 Å². The van der Waals surface area contributed by atoms with E-state index in [1.54, 1.807) is 0 Å². The molecule has 0 radical (unpaired) electrons. The van der Waals surface area contributed by atoms with Gasteiger partial charge in [-0.2, -0.15) is 0 Å². The molecule has 1 aliphatic rings. The molecule has 4 heteroatoms. The molecule has 3 nitrogen and oxygen atoms in total. The average molecular weight is 250 g/mol. The van der Waals surface area contributed by atoms with Crippen LogP contribution in [0.1, 0.15) is 51.4 Å². The van der Waals surface area contributed by atoms with Crippen molar-refractivity contribution >= 4 is 18.4 Å². The number of hydrogen-bond donors (Lipinski definition) is 1. The van der Waals surface area contributed by atoms with Crippen molar-refractivity contribution in [2.24, 2.45) is 0 Å². The number of nitrogens with zero attached hydrogens (tertiary/aromatic N) is 1. The number of unbranched alkanes of at least 4 members (excludes halogenated alkanes) is 1. The lowest BCUT2D eigenvalue weighted by molar-refractivity contribution is -0.137. The third-order valence-corrected chi connectivity index (χ3v) is 3.35. The maximum absolute atomic E-state index is 10.3. The van der Waals surface area contributed by atoms with Crippen LogP contribution in [0.5, 0.6) is 0 Å². The smallest absolute Gasteiger partial charge is 0.303 e. The fourth-order valence-corrected chi connectivity index (χ4v) is 2.34. The molecule has 1 saturated carbocycles. The third kappa shape index (κ3) is 6.33. The number of carboxylic acid groups (broad SMARTS) is 1. The van der Waals surface area contributed by atoms with Crippen molar-refractivity contribution in [3.63, 3.8) is 0 Å². The second-order valence-electron chi connectivity index (χ2n) is 4.62. The van der Waals surface area contributed by atoms with Crippen LogP contribution in [0, 0.1) is 0 Å². The minimum Gasteiger partial charge on any atom is -0.481 e. The van der Waals surface area contributed by atoms with E-state index in [2.05, 4.69) is 11.9 Å². The van der Waals surface area contributed by atoms with Crippen molar-refractivity contribution in [2.45, 2.75) is 57.4 Å². The van der Waals surface area contributed by atoms with Gasteiger partial charge in [-0.15, -0.1) is 12.4 Å². The standard InChI is InChI=1S/C12H23NO2.ClH/c1-13(10-6-5-9-12(14)15)11-7-3-2-4-8-11;/h11H,2-10H2,1H3,(H,14,15);1H. The van der Waals surface area contributed by atoms with Crippen LogP contribution in [0.3, 0.4) is 0 Å². The van der Waals surface area contributed by atoms with Gasteiger partial charge in [-0.3, -0.25) is 4.79 Å². The summed E-state index contributed by atoms with van der Waals surface area (Å²) in [5.41, 5.74) is 0. The first kappa shape index (κ1) is 15.7. The number of hydrogen-bond acceptors (Lipinski definition) is 2. The molecule has 0 amide bonds. The van der Waals surface area contributed by atoms with E-state index in [9.17, 15) is 4.79 Å². The Morgan fingerprint density at radius 1 is 1.25 bits per heavy atom. The summed E-state index contributed by atoms with van der Waals surface area (Å²) in [4.78, 5) is 12.7. The zero-order valence-electron chi connectivity index (χ0n) is 10.2. The zero-order valence-corrected chi connectivity index (χ0v) is 11.0. The van der Waals surface area contributed by atoms with E-state index >= 15 is 0 Å². The molecule has 0 spiro atoms. The van der Waals surface area contributed by atoms with Crippen molar-refractivity contribution in [1.29, 1.82) is 0 Å². The molecule has 0 aliphatic heterocycles. The number of halogens is 1. The van der Waals surface area contributed by atoms with Crippen molar-refractivity contribution in [1.82, 2.24) is 4.90 Å². The molecule has 16 heavy (non-hydrogen) atoms. The molecule has 0 heterocycles. The van der Waals surface area contributed by atoms with Gasteiger partial charge in [-0.25, -0.2) is 0 Å². The van der Waals surface area contributed by atoms with Gasteiger partial charge in [0, 0.05) is 12.5 Å². The summed E-state index contributed by atoms with van der Waals surface area (Å²) in [6.45, 7) is 1.05. The van der Waals surface area contributed by atoms with Gasteiger partial charge in [0.05, 0.1) is 0 Å². The fourth-order valence-electron chi connectivity index (χ4n) is 2.34. The average Bonchev–Trinajstić information content (AvgIpc) is 2.25. The van der Waals surface area contributed by atoms with Gasteiger partial charge in [0.25, 0.3) is 0 Å². The maximum atomic E-state index is 10.3. The van der Waals surface area contributed by atoms with Crippen molar-refractivity contribution in [3.8, 4) is 0 Å². The Labute approximate surface area is 105 Å². The van der Waals surface area contributed by atoms with E-state index in [1.165, 1.54) is 32.1 Å². The maximum Gasteiger partial charge on any atom is 0.303 e. The van der Waals surface area contributed by atoms with Gasteiger partial charge < -0.3 is 10.0 Å². The first-order valence-electron chi connectivity index (χ1n) is 6.12. The largest absolute Gasteiger partial charge is 0.481 e. The van der Waals surface area contributed by atoms with E-state index < -0.39 is 5.97 Å². The van der Waals surface area contributed by atoms with Crippen LogP contribution in [-0.4, -0.2) is 35.6 Å². The molecule has 0 aromatic carbocycles.